The highest BCUT2D eigenvalue weighted by atomic mass is 32.1. The third kappa shape index (κ3) is 2.63. The third-order valence-electron chi connectivity index (χ3n) is 3.72. The lowest BCUT2D eigenvalue weighted by atomic mass is 9.91. The van der Waals surface area contributed by atoms with Crippen LogP contribution in [0.1, 0.15) is 18.7 Å². The number of imidazole rings is 1. The van der Waals surface area contributed by atoms with Crippen molar-refractivity contribution in [3.63, 3.8) is 0 Å². The van der Waals surface area contributed by atoms with Crippen LogP contribution < -0.4 is 4.74 Å². The van der Waals surface area contributed by atoms with E-state index in [4.69, 9.17) is 17.0 Å². The van der Waals surface area contributed by atoms with Crippen molar-refractivity contribution in [2.45, 2.75) is 25.8 Å². The summed E-state index contributed by atoms with van der Waals surface area (Å²) in [4.78, 5) is 4.64. The minimum Gasteiger partial charge on any atom is -0.497 e. The maximum Gasteiger partial charge on any atom is 0.178 e. The molecule has 21 heavy (non-hydrogen) atoms. The summed E-state index contributed by atoms with van der Waals surface area (Å²) in [5.41, 5.74) is 2.17. The van der Waals surface area contributed by atoms with Crippen molar-refractivity contribution < 1.29 is 4.74 Å². The van der Waals surface area contributed by atoms with Gasteiger partial charge in [0, 0.05) is 22.9 Å². The number of hydrogen-bond acceptors (Lipinski definition) is 3. The van der Waals surface area contributed by atoms with Gasteiger partial charge in [-0.15, -0.1) is 11.3 Å². The smallest absolute Gasteiger partial charge is 0.178 e. The highest BCUT2D eigenvalue weighted by molar-refractivity contribution is 7.71. The fraction of sp³-hybridized carbons (Fsp3) is 0.312. The van der Waals surface area contributed by atoms with Gasteiger partial charge >= 0.3 is 0 Å². The lowest BCUT2D eigenvalue weighted by Gasteiger charge is -2.24. The first-order valence-electron chi connectivity index (χ1n) is 6.82. The fourth-order valence-electron chi connectivity index (χ4n) is 2.56. The summed E-state index contributed by atoms with van der Waals surface area (Å²) >= 11 is 7.29. The molecule has 1 N–H and O–H groups in total. The van der Waals surface area contributed by atoms with Crippen molar-refractivity contribution in [2.24, 2.45) is 0 Å². The fourth-order valence-corrected chi connectivity index (χ4v) is 3.68. The number of aromatic nitrogens is 2. The van der Waals surface area contributed by atoms with Gasteiger partial charge in [0.25, 0.3) is 0 Å². The van der Waals surface area contributed by atoms with E-state index in [1.807, 2.05) is 12.1 Å². The Morgan fingerprint density at radius 2 is 2.14 bits per heavy atom. The van der Waals surface area contributed by atoms with E-state index in [1.165, 1.54) is 4.88 Å². The number of methoxy groups -OCH3 is 1. The van der Waals surface area contributed by atoms with E-state index in [1.54, 1.807) is 18.4 Å². The molecule has 110 valence electrons. The number of fused-ring (bicyclic) bond motifs is 1. The molecule has 2 aromatic heterocycles. The van der Waals surface area contributed by atoms with E-state index in [-0.39, 0.29) is 5.41 Å². The normalized spacial score (nSPS) is 12.0. The minimum atomic E-state index is 0.0431. The number of nitrogens with zero attached hydrogens (tertiary/aromatic N) is 1. The number of rotatable bonds is 4. The molecule has 3 rings (SSSR count). The van der Waals surface area contributed by atoms with Crippen molar-refractivity contribution in [3.05, 3.63) is 45.4 Å². The largest absolute Gasteiger partial charge is 0.497 e. The van der Waals surface area contributed by atoms with Gasteiger partial charge in [-0.05, 0) is 35.8 Å². The van der Waals surface area contributed by atoms with Crippen LogP contribution in [0.4, 0.5) is 0 Å². The Kier molecular flexibility index (Phi) is 3.63. The van der Waals surface area contributed by atoms with Crippen LogP contribution in [0.3, 0.4) is 0 Å². The molecule has 2 heterocycles. The Balaban J connectivity index is 2.05. The molecule has 0 radical (unpaired) electrons. The Morgan fingerprint density at radius 1 is 1.33 bits per heavy atom. The van der Waals surface area contributed by atoms with Gasteiger partial charge in [0.2, 0.25) is 0 Å². The lowest BCUT2D eigenvalue weighted by Crippen LogP contribution is -2.23. The van der Waals surface area contributed by atoms with E-state index in [9.17, 15) is 0 Å². The standard InChI is InChI=1S/C16H18N2OS2/c1-16(2,14-5-4-8-21-14)10-18-13-7-6-11(19-3)9-12(13)17-15(18)20/h4-9H,10H2,1-3H3,(H,17,20). The summed E-state index contributed by atoms with van der Waals surface area (Å²) in [7, 11) is 1.67. The van der Waals surface area contributed by atoms with Crippen molar-refractivity contribution >= 4 is 34.6 Å². The number of ether oxygens (including phenoxy) is 1. The van der Waals surface area contributed by atoms with E-state index in [2.05, 4.69) is 47.0 Å². The highest BCUT2D eigenvalue weighted by Crippen LogP contribution is 2.31. The first-order valence-corrected chi connectivity index (χ1v) is 8.10. The monoisotopic (exact) mass is 318 g/mol. The second kappa shape index (κ2) is 5.31. The average Bonchev–Trinajstić information content (AvgIpc) is 3.08. The third-order valence-corrected chi connectivity index (χ3v) is 5.28. The van der Waals surface area contributed by atoms with Crippen LogP contribution in [0.25, 0.3) is 11.0 Å². The Morgan fingerprint density at radius 3 is 2.81 bits per heavy atom. The molecule has 0 saturated carbocycles. The van der Waals surface area contributed by atoms with Crippen molar-refractivity contribution in [1.82, 2.24) is 9.55 Å². The van der Waals surface area contributed by atoms with Crippen LogP contribution in [0, 0.1) is 4.77 Å². The number of H-pyrrole nitrogens is 1. The summed E-state index contributed by atoms with van der Waals surface area (Å²) in [5.74, 6) is 0.836. The molecule has 3 nitrogen and oxygen atoms in total. The predicted octanol–water partition coefficient (Wildman–Crippen LogP) is 4.75. The minimum absolute atomic E-state index is 0.0431. The first kappa shape index (κ1) is 14.4. The van der Waals surface area contributed by atoms with Gasteiger partial charge in [0.15, 0.2) is 4.77 Å². The molecule has 0 spiro atoms. The van der Waals surface area contributed by atoms with Gasteiger partial charge < -0.3 is 14.3 Å². The van der Waals surface area contributed by atoms with Gasteiger partial charge in [-0.3, -0.25) is 0 Å². The highest BCUT2D eigenvalue weighted by Gasteiger charge is 2.23. The molecule has 5 heteroatoms. The van der Waals surface area contributed by atoms with Gasteiger partial charge in [-0.2, -0.15) is 0 Å². The number of thiophene rings is 1. The van der Waals surface area contributed by atoms with E-state index in [0.717, 1.165) is 28.1 Å². The topological polar surface area (TPSA) is 29.9 Å². The average molecular weight is 318 g/mol. The van der Waals surface area contributed by atoms with Crippen LogP contribution >= 0.6 is 23.6 Å². The Labute approximate surface area is 133 Å². The summed E-state index contributed by atoms with van der Waals surface area (Å²) < 4.78 is 8.19. The molecule has 0 bridgehead atoms. The summed E-state index contributed by atoms with van der Waals surface area (Å²) in [6.45, 7) is 5.35. The van der Waals surface area contributed by atoms with Crippen molar-refractivity contribution in [1.29, 1.82) is 0 Å². The predicted molar refractivity (Wildman–Crippen MR) is 91.0 cm³/mol. The molecule has 0 aliphatic carbocycles. The summed E-state index contributed by atoms with van der Waals surface area (Å²) in [6.07, 6.45) is 0. The first-order chi connectivity index (χ1) is 10.0. The number of hydrogen-bond donors (Lipinski definition) is 1. The molecule has 3 aromatic rings. The van der Waals surface area contributed by atoms with Gasteiger partial charge in [-0.1, -0.05) is 19.9 Å². The van der Waals surface area contributed by atoms with E-state index in [0.29, 0.717) is 0 Å². The summed E-state index contributed by atoms with van der Waals surface area (Å²) in [5, 5.41) is 2.12. The Hall–Kier alpha value is -1.59. The zero-order valence-electron chi connectivity index (χ0n) is 12.3. The molecule has 0 saturated heterocycles. The van der Waals surface area contributed by atoms with Gasteiger partial charge in [0.05, 0.1) is 18.1 Å². The zero-order valence-corrected chi connectivity index (χ0v) is 14.0. The maximum atomic E-state index is 5.50. The molecule has 0 atom stereocenters. The van der Waals surface area contributed by atoms with Crippen molar-refractivity contribution in [2.75, 3.05) is 7.11 Å². The maximum absolute atomic E-state index is 5.50. The lowest BCUT2D eigenvalue weighted by molar-refractivity contribution is 0.415. The molecule has 0 amide bonds. The number of nitrogens with one attached hydrogen (secondary N) is 1. The van der Waals surface area contributed by atoms with Gasteiger partial charge in [0.1, 0.15) is 5.75 Å². The molecular formula is C16H18N2OS2. The van der Waals surface area contributed by atoms with Crippen LogP contribution in [0.2, 0.25) is 0 Å². The second-order valence-corrected chi connectivity index (χ2v) is 7.09. The van der Waals surface area contributed by atoms with E-state index < -0.39 is 0 Å². The van der Waals surface area contributed by atoms with Crippen molar-refractivity contribution in [3.8, 4) is 5.75 Å². The van der Waals surface area contributed by atoms with Crippen LogP contribution in [0.15, 0.2) is 35.7 Å². The molecule has 1 aromatic carbocycles. The molecule has 0 aliphatic heterocycles. The van der Waals surface area contributed by atoms with Crippen LogP contribution in [-0.4, -0.2) is 16.7 Å². The number of aromatic amines is 1. The second-order valence-electron chi connectivity index (χ2n) is 5.76. The number of benzene rings is 1. The van der Waals surface area contributed by atoms with Gasteiger partial charge in [-0.25, -0.2) is 0 Å². The van der Waals surface area contributed by atoms with E-state index >= 15 is 0 Å². The Bertz CT molecular complexity index is 813. The van der Waals surface area contributed by atoms with Crippen LogP contribution in [0.5, 0.6) is 5.75 Å². The SMILES string of the molecule is COc1ccc2c(c1)[nH]c(=S)n2CC(C)(C)c1cccs1. The zero-order chi connectivity index (χ0) is 15.0. The summed E-state index contributed by atoms with van der Waals surface area (Å²) in [6, 6.07) is 10.3. The molecule has 0 fully saturated rings. The molecule has 0 unspecified atom stereocenters. The molecule has 0 aliphatic rings. The quantitative estimate of drug-likeness (QED) is 0.704. The van der Waals surface area contributed by atoms with Crippen LogP contribution in [-0.2, 0) is 12.0 Å². The molecular weight excluding hydrogens is 300 g/mol.